The Labute approximate surface area is 78.1 Å². The summed E-state index contributed by atoms with van der Waals surface area (Å²) in [6.07, 6.45) is 0. The van der Waals surface area contributed by atoms with Crippen molar-refractivity contribution >= 4 is 21.6 Å². The summed E-state index contributed by atoms with van der Waals surface area (Å²) in [6, 6.07) is 2.65. The average molecular weight is 229 g/mol. The third-order valence-electron chi connectivity index (χ3n) is 1.17. The molecule has 0 aliphatic rings. The van der Waals surface area contributed by atoms with Gasteiger partial charge in [-0.25, -0.2) is 4.98 Å². The zero-order valence-electron chi connectivity index (χ0n) is 6.14. The summed E-state index contributed by atoms with van der Waals surface area (Å²) >= 11 is 3.11. The van der Waals surface area contributed by atoms with Gasteiger partial charge >= 0.3 is 0 Å². The van der Waals surface area contributed by atoms with E-state index >= 15 is 0 Å². The Balaban J connectivity index is 3.05. The van der Waals surface area contributed by atoms with E-state index < -0.39 is 5.95 Å². The molecule has 62 valence electrons. The Hall–Kier alpha value is -1.08. The van der Waals surface area contributed by atoms with Gasteiger partial charge in [0.2, 0.25) is 5.95 Å². The van der Waals surface area contributed by atoms with Gasteiger partial charge in [-0.1, -0.05) is 21.9 Å². The molecule has 0 saturated heterocycles. The number of hydrogen-bond donors (Lipinski definition) is 1. The van der Waals surface area contributed by atoms with Crippen molar-refractivity contribution in [2.75, 3.05) is 11.1 Å². The number of nitrogen functional groups attached to an aromatic ring is 1. The first kappa shape index (κ1) is 9.01. The lowest BCUT2D eigenvalue weighted by Gasteiger charge is -1.95. The van der Waals surface area contributed by atoms with Gasteiger partial charge in [0.1, 0.15) is 5.69 Å². The van der Waals surface area contributed by atoms with Crippen LogP contribution in [0.15, 0.2) is 12.1 Å². The monoisotopic (exact) mass is 228 g/mol. The van der Waals surface area contributed by atoms with Crippen molar-refractivity contribution in [1.29, 1.82) is 0 Å². The summed E-state index contributed by atoms with van der Waals surface area (Å²) < 4.78 is 12.5. The molecule has 1 heterocycles. The van der Waals surface area contributed by atoms with Crippen LogP contribution in [0.1, 0.15) is 5.69 Å². The highest BCUT2D eigenvalue weighted by atomic mass is 79.9. The van der Waals surface area contributed by atoms with Crippen LogP contribution >= 0.6 is 15.9 Å². The van der Waals surface area contributed by atoms with Crippen molar-refractivity contribution in [2.24, 2.45) is 0 Å². The van der Waals surface area contributed by atoms with Crippen LogP contribution in [0.5, 0.6) is 0 Å². The Morgan fingerprint density at radius 2 is 2.33 bits per heavy atom. The zero-order chi connectivity index (χ0) is 8.97. The SMILES string of the molecule is Nc1ccc(F)nc1C#CCBr. The maximum Gasteiger partial charge on any atom is 0.214 e. The molecule has 0 aromatic carbocycles. The maximum absolute atomic E-state index is 12.5. The largest absolute Gasteiger partial charge is 0.396 e. The van der Waals surface area contributed by atoms with E-state index in [0.717, 1.165) is 0 Å². The van der Waals surface area contributed by atoms with Crippen molar-refractivity contribution in [2.45, 2.75) is 0 Å². The summed E-state index contributed by atoms with van der Waals surface area (Å²) in [5, 5.41) is 0.518. The van der Waals surface area contributed by atoms with E-state index in [2.05, 4.69) is 32.8 Å². The molecule has 1 aromatic rings. The molecule has 1 rings (SSSR count). The third kappa shape index (κ3) is 2.21. The number of alkyl halides is 1. The molecule has 0 fully saturated rings. The third-order valence-corrected chi connectivity index (χ3v) is 1.45. The van der Waals surface area contributed by atoms with Gasteiger partial charge in [0.05, 0.1) is 11.0 Å². The highest BCUT2D eigenvalue weighted by molar-refractivity contribution is 9.09. The topological polar surface area (TPSA) is 38.9 Å². The average Bonchev–Trinajstić information content (AvgIpc) is 2.07. The first-order chi connectivity index (χ1) is 5.74. The van der Waals surface area contributed by atoms with E-state index in [1.165, 1.54) is 12.1 Å². The van der Waals surface area contributed by atoms with Gasteiger partial charge in [-0.05, 0) is 18.1 Å². The molecule has 0 unspecified atom stereocenters. The molecule has 0 spiro atoms. The Bertz CT molecular complexity index is 341. The standard InChI is InChI=1S/C8H6BrFN2/c9-5-1-2-7-6(11)3-4-8(10)12-7/h3-4H,5,11H2. The van der Waals surface area contributed by atoms with E-state index in [9.17, 15) is 4.39 Å². The highest BCUT2D eigenvalue weighted by Crippen LogP contribution is 2.07. The van der Waals surface area contributed by atoms with Crippen molar-refractivity contribution in [1.82, 2.24) is 4.98 Å². The molecule has 1 aromatic heterocycles. The van der Waals surface area contributed by atoms with Gasteiger partial charge in [-0.3, -0.25) is 0 Å². The summed E-state index contributed by atoms with van der Waals surface area (Å²) in [6.45, 7) is 0. The number of nitrogens with zero attached hydrogens (tertiary/aromatic N) is 1. The predicted molar refractivity (Wildman–Crippen MR) is 49.3 cm³/mol. The molecule has 4 heteroatoms. The molecule has 0 bridgehead atoms. The maximum atomic E-state index is 12.5. The summed E-state index contributed by atoms with van der Waals surface area (Å²) in [7, 11) is 0. The first-order valence-electron chi connectivity index (χ1n) is 3.21. The normalized spacial score (nSPS) is 8.83. The van der Waals surface area contributed by atoms with E-state index in [0.29, 0.717) is 11.0 Å². The molecular formula is C8H6BrFN2. The van der Waals surface area contributed by atoms with Gasteiger partial charge in [-0.2, -0.15) is 4.39 Å². The van der Waals surface area contributed by atoms with Crippen LogP contribution in [-0.2, 0) is 0 Å². The lowest BCUT2D eigenvalue weighted by atomic mass is 10.3. The second kappa shape index (κ2) is 4.07. The molecule has 0 aliphatic carbocycles. The van der Waals surface area contributed by atoms with Crippen molar-refractivity contribution in [3.8, 4) is 11.8 Å². The minimum Gasteiger partial charge on any atom is -0.396 e. The Morgan fingerprint density at radius 1 is 1.58 bits per heavy atom. The summed E-state index contributed by atoms with van der Waals surface area (Å²) in [4.78, 5) is 3.52. The van der Waals surface area contributed by atoms with Crippen LogP contribution in [0.2, 0.25) is 0 Å². The van der Waals surface area contributed by atoms with Crippen molar-refractivity contribution in [3.05, 3.63) is 23.8 Å². The number of nitrogens with two attached hydrogens (primary N) is 1. The summed E-state index contributed by atoms with van der Waals surface area (Å²) in [5.41, 5.74) is 6.16. The lowest BCUT2D eigenvalue weighted by Crippen LogP contribution is -1.95. The highest BCUT2D eigenvalue weighted by Gasteiger charge is 1.97. The molecular weight excluding hydrogens is 223 g/mol. The molecule has 12 heavy (non-hydrogen) atoms. The number of aromatic nitrogens is 1. The molecule has 0 radical (unpaired) electrons. The van der Waals surface area contributed by atoms with Gasteiger partial charge in [0.25, 0.3) is 0 Å². The Kier molecular flexibility index (Phi) is 3.06. The van der Waals surface area contributed by atoms with Gasteiger partial charge < -0.3 is 5.73 Å². The fourth-order valence-corrected chi connectivity index (χ4v) is 0.804. The van der Waals surface area contributed by atoms with E-state index in [-0.39, 0.29) is 5.69 Å². The molecule has 0 aliphatic heterocycles. The fourth-order valence-electron chi connectivity index (χ4n) is 0.663. The smallest absolute Gasteiger partial charge is 0.214 e. The fraction of sp³-hybridized carbons (Fsp3) is 0.125. The summed E-state index contributed by atoms with van der Waals surface area (Å²) in [5.74, 6) is 4.75. The van der Waals surface area contributed by atoms with Crippen molar-refractivity contribution < 1.29 is 4.39 Å². The van der Waals surface area contributed by atoms with Crippen LogP contribution in [0.4, 0.5) is 10.1 Å². The Morgan fingerprint density at radius 3 is 3.00 bits per heavy atom. The molecule has 0 amide bonds. The minimum atomic E-state index is -0.567. The van der Waals surface area contributed by atoms with E-state index in [1.54, 1.807) is 0 Å². The van der Waals surface area contributed by atoms with Gasteiger partial charge in [-0.15, -0.1) is 0 Å². The zero-order valence-corrected chi connectivity index (χ0v) is 7.73. The van der Waals surface area contributed by atoms with Crippen LogP contribution in [0, 0.1) is 17.8 Å². The second-order valence-corrected chi connectivity index (χ2v) is 2.57. The predicted octanol–water partition coefficient (Wildman–Crippen LogP) is 1.55. The quantitative estimate of drug-likeness (QED) is 0.416. The molecule has 2 N–H and O–H groups in total. The number of anilines is 1. The molecule has 0 saturated carbocycles. The molecule has 2 nitrogen and oxygen atoms in total. The lowest BCUT2D eigenvalue weighted by molar-refractivity contribution is 0.583. The van der Waals surface area contributed by atoms with Gasteiger partial charge in [0, 0.05) is 0 Å². The van der Waals surface area contributed by atoms with Gasteiger partial charge in [0.15, 0.2) is 0 Å². The number of hydrogen-bond acceptors (Lipinski definition) is 2. The van der Waals surface area contributed by atoms with E-state index in [1.807, 2.05) is 0 Å². The number of rotatable bonds is 0. The van der Waals surface area contributed by atoms with Crippen molar-refractivity contribution in [3.63, 3.8) is 0 Å². The van der Waals surface area contributed by atoms with E-state index in [4.69, 9.17) is 5.73 Å². The minimum absolute atomic E-state index is 0.287. The van der Waals surface area contributed by atoms with Crippen LogP contribution < -0.4 is 5.73 Å². The number of pyridine rings is 1. The van der Waals surface area contributed by atoms with Crippen LogP contribution in [0.25, 0.3) is 0 Å². The first-order valence-corrected chi connectivity index (χ1v) is 4.33. The van der Waals surface area contributed by atoms with Crippen LogP contribution in [0.3, 0.4) is 0 Å². The molecule has 0 atom stereocenters. The number of halogens is 2. The second-order valence-electron chi connectivity index (χ2n) is 2.01. The van der Waals surface area contributed by atoms with Crippen LogP contribution in [-0.4, -0.2) is 10.3 Å².